The molecule has 18 heavy (non-hydrogen) atoms. The summed E-state index contributed by atoms with van der Waals surface area (Å²) in [7, 11) is -3.59. The van der Waals surface area contributed by atoms with Crippen molar-refractivity contribution in [1.82, 2.24) is 9.71 Å². The first-order chi connectivity index (χ1) is 8.25. The van der Waals surface area contributed by atoms with Gasteiger partial charge in [-0.05, 0) is 32.9 Å². The Kier molecular flexibility index (Phi) is 3.31. The third-order valence-electron chi connectivity index (χ3n) is 1.96. The van der Waals surface area contributed by atoms with Crippen molar-refractivity contribution in [1.29, 1.82) is 0 Å². The molecule has 1 aromatic heterocycles. The van der Waals surface area contributed by atoms with E-state index in [1.165, 1.54) is 11.3 Å². The number of rotatable bonds is 3. The predicted molar refractivity (Wildman–Crippen MR) is 75.1 cm³/mol. The van der Waals surface area contributed by atoms with Gasteiger partial charge in [0.05, 0.1) is 10.2 Å². The summed E-state index contributed by atoms with van der Waals surface area (Å²) in [5, 5.41) is 0.368. The van der Waals surface area contributed by atoms with E-state index < -0.39 is 15.7 Å². The maximum atomic E-state index is 11.8. The van der Waals surface area contributed by atoms with Crippen LogP contribution >= 0.6 is 11.3 Å². The van der Waals surface area contributed by atoms with Crippen molar-refractivity contribution in [3.8, 4) is 0 Å². The minimum Gasteiger partial charge on any atom is -0.246 e. The fourth-order valence-corrected chi connectivity index (χ4v) is 3.81. The quantitative estimate of drug-likeness (QED) is 0.909. The lowest BCUT2D eigenvalue weighted by Gasteiger charge is -2.19. The Balaban J connectivity index is 2.23. The van der Waals surface area contributed by atoms with Crippen LogP contribution < -0.4 is 9.44 Å². The number of fused-ring (bicyclic) bond motifs is 1. The molecule has 2 aromatic rings. The number of thiazole rings is 1. The summed E-state index contributed by atoms with van der Waals surface area (Å²) in [5.41, 5.74) is 0.263. The summed E-state index contributed by atoms with van der Waals surface area (Å²) in [6, 6.07) is 7.52. The van der Waals surface area contributed by atoms with Gasteiger partial charge in [0.1, 0.15) is 0 Å². The molecule has 0 amide bonds. The molecule has 2 N–H and O–H groups in total. The lowest BCUT2D eigenvalue weighted by atomic mass is 10.1. The fraction of sp³-hybridized carbons (Fsp3) is 0.364. The molecule has 0 atom stereocenters. The average molecular weight is 285 g/mol. The molecule has 0 aliphatic heterocycles. The number of nitrogens with zero attached hydrogens (tertiary/aromatic N) is 1. The molecular weight excluding hydrogens is 270 g/mol. The maximum Gasteiger partial charge on any atom is 0.301 e. The second kappa shape index (κ2) is 4.49. The van der Waals surface area contributed by atoms with Gasteiger partial charge in [-0.1, -0.05) is 23.5 Å². The van der Waals surface area contributed by atoms with Crippen LogP contribution in [0.1, 0.15) is 20.8 Å². The van der Waals surface area contributed by atoms with Crippen LogP contribution in [0, 0.1) is 0 Å². The molecule has 2 rings (SSSR count). The topological polar surface area (TPSA) is 71.1 Å². The lowest BCUT2D eigenvalue weighted by Crippen LogP contribution is -2.43. The highest BCUT2D eigenvalue weighted by atomic mass is 32.2. The Bertz CT molecular complexity index is 623. The third kappa shape index (κ3) is 3.41. The van der Waals surface area contributed by atoms with E-state index in [2.05, 4.69) is 14.4 Å². The lowest BCUT2D eigenvalue weighted by molar-refractivity contribution is 0.494. The molecule has 0 unspecified atom stereocenters. The van der Waals surface area contributed by atoms with Crippen LogP contribution in [0.3, 0.4) is 0 Å². The van der Waals surface area contributed by atoms with Gasteiger partial charge in [0.2, 0.25) is 0 Å². The highest BCUT2D eigenvalue weighted by Crippen LogP contribution is 2.25. The van der Waals surface area contributed by atoms with Gasteiger partial charge in [-0.15, -0.1) is 0 Å². The normalized spacial score (nSPS) is 12.8. The molecule has 0 aliphatic rings. The van der Waals surface area contributed by atoms with Crippen molar-refractivity contribution < 1.29 is 8.42 Å². The van der Waals surface area contributed by atoms with Crippen molar-refractivity contribution in [2.75, 3.05) is 4.72 Å². The first-order valence-corrected chi connectivity index (χ1v) is 7.72. The number of hydrogen-bond donors (Lipinski definition) is 2. The highest BCUT2D eigenvalue weighted by molar-refractivity contribution is 7.91. The van der Waals surface area contributed by atoms with Crippen molar-refractivity contribution >= 4 is 36.9 Å². The van der Waals surface area contributed by atoms with E-state index >= 15 is 0 Å². The average Bonchev–Trinajstić information content (AvgIpc) is 2.53. The van der Waals surface area contributed by atoms with Gasteiger partial charge in [-0.25, -0.2) is 9.71 Å². The molecule has 0 radical (unpaired) electrons. The monoisotopic (exact) mass is 285 g/mol. The van der Waals surface area contributed by atoms with Crippen LogP contribution in [0.4, 0.5) is 5.13 Å². The van der Waals surface area contributed by atoms with Gasteiger partial charge >= 0.3 is 10.2 Å². The van der Waals surface area contributed by atoms with Crippen LogP contribution in [0.25, 0.3) is 10.2 Å². The molecule has 1 aromatic carbocycles. The van der Waals surface area contributed by atoms with Gasteiger partial charge in [-0.2, -0.15) is 13.1 Å². The standard InChI is InChI=1S/C11H15N3O2S2/c1-11(2,3)14-18(15,16)13-10-12-8-6-4-5-7-9(8)17-10/h4-7,14H,1-3H3,(H,12,13). The predicted octanol–water partition coefficient (Wildman–Crippen LogP) is 2.34. The van der Waals surface area contributed by atoms with Gasteiger partial charge in [0.25, 0.3) is 0 Å². The number of para-hydroxylation sites is 1. The van der Waals surface area contributed by atoms with E-state index in [9.17, 15) is 8.42 Å². The summed E-state index contributed by atoms with van der Waals surface area (Å²) in [5.74, 6) is 0. The minimum atomic E-state index is -3.59. The van der Waals surface area contributed by atoms with Crippen LogP contribution in [-0.4, -0.2) is 18.9 Å². The van der Waals surface area contributed by atoms with E-state index in [4.69, 9.17) is 0 Å². The van der Waals surface area contributed by atoms with Crippen molar-refractivity contribution in [3.05, 3.63) is 24.3 Å². The summed E-state index contributed by atoms with van der Waals surface area (Å²) < 4.78 is 29.6. The van der Waals surface area contributed by atoms with Crippen LogP contribution in [-0.2, 0) is 10.2 Å². The first kappa shape index (κ1) is 13.3. The van der Waals surface area contributed by atoms with E-state index in [0.717, 1.165) is 10.2 Å². The highest BCUT2D eigenvalue weighted by Gasteiger charge is 2.20. The van der Waals surface area contributed by atoms with Gasteiger partial charge < -0.3 is 0 Å². The van der Waals surface area contributed by atoms with Crippen LogP contribution in [0.15, 0.2) is 24.3 Å². The second-order valence-electron chi connectivity index (χ2n) is 4.94. The number of hydrogen-bond acceptors (Lipinski definition) is 4. The van der Waals surface area contributed by atoms with E-state index in [0.29, 0.717) is 5.13 Å². The van der Waals surface area contributed by atoms with Crippen molar-refractivity contribution in [2.24, 2.45) is 0 Å². The third-order valence-corrected chi connectivity index (χ3v) is 4.38. The van der Waals surface area contributed by atoms with E-state index in [-0.39, 0.29) is 0 Å². The molecule has 0 saturated carbocycles. The van der Waals surface area contributed by atoms with E-state index in [1.807, 2.05) is 24.3 Å². The van der Waals surface area contributed by atoms with Gasteiger partial charge in [0, 0.05) is 5.54 Å². The molecule has 1 heterocycles. The molecule has 5 nitrogen and oxygen atoms in total. The molecular formula is C11H15N3O2S2. The summed E-state index contributed by atoms with van der Waals surface area (Å²) in [6.45, 7) is 5.35. The molecule has 7 heteroatoms. The van der Waals surface area contributed by atoms with Gasteiger partial charge in [-0.3, -0.25) is 0 Å². The fourth-order valence-electron chi connectivity index (χ4n) is 1.46. The van der Waals surface area contributed by atoms with Crippen LogP contribution in [0.5, 0.6) is 0 Å². The van der Waals surface area contributed by atoms with E-state index in [1.54, 1.807) is 20.8 Å². The Morgan fingerprint density at radius 1 is 1.22 bits per heavy atom. The zero-order chi connectivity index (χ0) is 13.4. The molecule has 0 fully saturated rings. The number of aromatic nitrogens is 1. The van der Waals surface area contributed by atoms with Crippen molar-refractivity contribution in [2.45, 2.75) is 26.3 Å². The Hall–Kier alpha value is -1.18. The summed E-state index contributed by atoms with van der Waals surface area (Å²) in [6.07, 6.45) is 0. The molecule has 0 spiro atoms. The van der Waals surface area contributed by atoms with Crippen LogP contribution in [0.2, 0.25) is 0 Å². The largest absolute Gasteiger partial charge is 0.301 e. The van der Waals surface area contributed by atoms with Gasteiger partial charge in [0.15, 0.2) is 5.13 Å². The Morgan fingerprint density at radius 3 is 2.50 bits per heavy atom. The minimum absolute atomic E-state index is 0.368. The number of nitrogens with one attached hydrogen (secondary N) is 2. The van der Waals surface area contributed by atoms with Crippen molar-refractivity contribution in [3.63, 3.8) is 0 Å². The summed E-state index contributed by atoms with van der Waals surface area (Å²) >= 11 is 1.31. The Morgan fingerprint density at radius 2 is 1.89 bits per heavy atom. The summed E-state index contributed by atoms with van der Waals surface area (Å²) in [4.78, 5) is 4.22. The SMILES string of the molecule is CC(C)(C)NS(=O)(=O)Nc1nc2ccccc2s1. The molecule has 0 aliphatic carbocycles. The number of benzene rings is 1. The number of anilines is 1. The zero-order valence-corrected chi connectivity index (χ0v) is 12.0. The first-order valence-electron chi connectivity index (χ1n) is 5.42. The smallest absolute Gasteiger partial charge is 0.246 e. The maximum absolute atomic E-state index is 11.8. The zero-order valence-electron chi connectivity index (χ0n) is 10.4. The Labute approximate surface area is 110 Å². The second-order valence-corrected chi connectivity index (χ2v) is 7.39. The molecule has 0 bridgehead atoms. The molecule has 98 valence electrons. The molecule has 0 saturated heterocycles.